The van der Waals surface area contributed by atoms with E-state index in [1.807, 2.05) is 20.2 Å². The van der Waals surface area contributed by atoms with Gasteiger partial charge in [-0.25, -0.2) is 0 Å². The smallest absolute Gasteiger partial charge is 0.185 e. The summed E-state index contributed by atoms with van der Waals surface area (Å²) in [7, 11) is 2.00. The second-order valence-corrected chi connectivity index (χ2v) is 2.79. The molecule has 1 aliphatic rings. The van der Waals surface area contributed by atoms with Crippen molar-refractivity contribution in [3.63, 3.8) is 0 Å². The highest BCUT2D eigenvalue weighted by molar-refractivity contribution is 5.11. The zero-order valence-electron chi connectivity index (χ0n) is 7.20. The van der Waals surface area contributed by atoms with Gasteiger partial charge in [0.15, 0.2) is 6.19 Å². The fraction of sp³-hybridized carbons (Fsp3) is 0.625. The van der Waals surface area contributed by atoms with Crippen LogP contribution in [0.1, 0.15) is 20.3 Å². The summed E-state index contributed by atoms with van der Waals surface area (Å²) in [5, 5.41) is 8.76. The van der Waals surface area contributed by atoms with E-state index >= 15 is 0 Å². The number of hydrogen-bond donors (Lipinski definition) is 0. The Labute approximate surface area is 67.5 Å². The third kappa shape index (κ3) is 1.16. The first kappa shape index (κ1) is 7.93. The predicted molar refractivity (Wildman–Crippen MR) is 43.1 cm³/mol. The molecule has 0 aromatic carbocycles. The Hall–Kier alpha value is -1.17. The normalized spacial score (nSPS) is 23.5. The van der Waals surface area contributed by atoms with Crippen LogP contribution in [-0.4, -0.2) is 23.0 Å². The van der Waals surface area contributed by atoms with Crippen molar-refractivity contribution >= 4 is 0 Å². The summed E-state index contributed by atoms with van der Waals surface area (Å²) in [6.07, 6.45) is 5.37. The van der Waals surface area contributed by atoms with Gasteiger partial charge in [-0.05, 0) is 13.3 Å². The maximum atomic E-state index is 8.76. The average Bonchev–Trinajstić information content (AvgIpc) is 2.24. The van der Waals surface area contributed by atoms with Crippen LogP contribution in [0, 0.1) is 11.5 Å². The predicted octanol–water partition coefficient (Wildman–Crippen LogP) is 1.31. The Morgan fingerprint density at radius 2 is 2.36 bits per heavy atom. The summed E-state index contributed by atoms with van der Waals surface area (Å²) < 4.78 is 0. The molecule has 0 amide bonds. The molecule has 0 aromatic heterocycles. The lowest BCUT2D eigenvalue weighted by Gasteiger charge is -2.24. The molecule has 3 nitrogen and oxygen atoms in total. The van der Waals surface area contributed by atoms with Crippen LogP contribution in [0.5, 0.6) is 0 Å². The second-order valence-electron chi connectivity index (χ2n) is 2.79. The van der Waals surface area contributed by atoms with Gasteiger partial charge in [0.05, 0.1) is 0 Å². The molecule has 3 heteroatoms. The van der Waals surface area contributed by atoms with Crippen LogP contribution in [0.25, 0.3) is 0 Å². The van der Waals surface area contributed by atoms with Crippen molar-refractivity contribution in [2.45, 2.75) is 26.4 Å². The van der Waals surface area contributed by atoms with Crippen molar-refractivity contribution in [3.05, 3.63) is 11.9 Å². The van der Waals surface area contributed by atoms with Gasteiger partial charge in [-0.3, -0.25) is 4.90 Å². The van der Waals surface area contributed by atoms with Gasteiger partial charge >= 0.3 is 0 Å². The number of allylic oxidation sites excluding steroid dienone is 1. The van der Waals surface area contributed by atoms with Gasteiger partial charge in [0.2, 0.25) is 0 Å². The number of nitriles is 1. The maximum Gasteiger partial charge on any atom is 0.185 e. The third-order valence-corrected chi connectivity index (χ3v) is 2.01. The topological polar surface area (TPSA) is 30.3 Å². The van der Waals surface area contributed by atoms with Crippen molar-refractivity contribution in [3.8, 4) is 6.19 Å². The van der Waals surface area contributed by atoms with E-state index in [0.29, 0.717) is 0 Å². The number of nitrogens with zero attached hydrogens (tertiary/aromatic N) is 3. The quantitative estimate of drug-likeness (QED) is 0.529. The van der Waals surface area contributed by atoms with E-state index in [1.165, 1.54) is 0 Å². The van der Waals surface area contributed by atoms with Crippen molar-refractivity contribution in [2.75, 3.05) is 7.05 Å². The molecular formula is C8H13N3. The van der Waals surface area contributed by atoms with Crippen LogP contribution in [0.4, 0.5) is 0 Å². The molecule has 0 radical (unpaired) electrons. The molecule has 0 spiro atoms. The lowest BCUT2D eigenvalue weighted by atomic mass is 10.3. The molecule has 0 saturated heterocycles. The molecule has 11 heavy (non-hydrogen) atoms. The first-order valence-electron chi connectivity index (χ1n) is 3.80. The fourth-order valence-corrected chi connectivity index (χ4v) is 1.48. The molecule has 1 atom stereocenters. The standard InChI is InChI=1S/C8H13N3/c1-4-8-10(3)5-7(2)11(8)6-9/h5,8H,4H2,1-3H3. The molecule has 60 valence electrons. The summed E-state index contributed by atoms with van der Waals surface area (Å²) in [4.78, 5) is 3.80. The SMILES string of the molecule is CCC1N(C)C=C(C)N1C#N. The minimum Gasteiger partial charge on any atom is -0.358 e. The summed E-state index contributed by atoms with van der Waals surface area (Å²) in [5.74, 6) is 0. The average molecular weight is 151 g/mol. The molecule has 1 aliphatic heterocycles. The third-order valence-electron chi connectivity index (χ3n) is 2.01. The Morgan fingerprint density at radius 1 is 1.73 bits per heavy atom. The van der Waals surface area contributed by atoms with Gasteiger partial charge in [-0.2, -0.15) is 5.26 Å². The Kier molecular flexibility index (Phi) is 2.04. The second kappa shape index (κ2) is 2.83. The molecule has 1 rings (SSSR count). The summed E-state index contributed by atoms with van der Waals surface area (Å²) >= 11 is 0. The van der Waals surface area contributed by atoms with Crippen LogP contribution < -0.4 is 0 Å². The van der Waals surface area contributed by atoms with Crippen LogP contribution in [-0.2, 0) is 0 Å². The Balaban J connectivity index is 2.79. The van der Waals surface area contributed by atoms with E-state index in [2.05, 4.69) is 18.0 Å². The summed E-state index contributed by atoms with van der Waals surface area (Å²) in [6, 6.07) is 0. The lowest BCUT2D eigenvalue weighted by molar-refractivity contribution is 0.218. The summed E-state index contributed by atoms with van der Waals surface area (Å²) in [5.41, 5.74) is 1.03. The molecule has 0 N–H and O–H groups in total. The largest absolute Gasteiger partial charge is 0.358 e. The van der Waals surface area contributed by atoms with Crippen molar-refractivity contribution in [1.29, 1.82) is 5.26 Å². The fourth-order valence-electron chi connectivity index (χ4n) is 1.48. The Morgan fingerprint density at radius 3 is 2.73 bits per heavy atom. The van der Waals surface area contributed by atoms with E-state index in [4.69, 9.17) is 5.26 Å². The molecule has 0 fully saturated rings. The molecule has 0 bridgehead atoms. The molecule has 1 heterocycles. The van der Waals surface area contributed by atoms with Gasteiger partial charge in [0.1, 0.15) is 6.17 Å². The molecule has 0 aromatic rings. The first-order valence-corrected chi connectivity index (χ1v) is 3.80. The minimum absolute atomic E-state index is 0.236. The maximum absolute atomic E-state index is 8.76. The van der Waals surface area contributed by atoms with Crippen LogP contribution in [0.2, 0.25) is 0 Å². The van der Waals surface area contributed by atoms with Gasteiger partial charge in [0, 0.05) is 18.9 Å². The zero-order chi connectivity index (χ0) is 8.43. The Bertz CT molecular complexity index is 214. The lowest BCUT2D eigenvalue weighted by Crippen LogP contribution is -2.33. The van der Waals surface area contributed by atoms with Crippen molar-refractivity contribution in [1.82, 2.24) is 9.80 Å². The molecule has 1 unspecified atom stereocenters. The van der Waals surface area contributed by atoms with Gasteiger partial charge in [-0.15, -0.1) is 0 Å². The van der Waals surface area contributed by atoms with Crippen molar-refractivity contribution in [2.24, 2.45) is 0 Å². The van der Waals surface area contributed by atoms with E-state index in [1.54, 1.807) is 4.90 Å². The number of rotatable bonds is 1. The van der Waals surface area contributed by atoms with E-state index < -0.39 is 0 Å². The van der Waals surface area contributed by atoms with E-state index in [9.17, 15) is 0 Å². The zero-order valence-corrected chi connectivity index (χ0v) is 7.20. The monoisotopic (exact) mass is 151 g/mol. The van der Waals surface area contributed by atoms with E-state index in [0.717, 1.165) is 12.1 Å². The molecule has 0 aliphatic carbocycles. The van der Waals surface area contributed by atoms with Crippen LogP contribution >= 0.6 is 0 Å². The van der Waals surface area contributed by atoms with E-state index in [-0.39, 0.29) is 6.17 Å². The highest BCUT2D eigenvalue weighted by Gasteiger charge is 2.25. The van der Waals surface area contributed by atoms with Gasteiger partial charge in [0.25, 0.3) is 0 Å². The molecular weight excluding hydrogens is 138 g/mol. The minimum atomic E-state index is 0.236. The van der Waals surface area contributed by atoms with Gasteiger partial charge in [-0.1, -0.05) is 6.92 Å². The van der Waals surface area contributed by atoms with Crippen LogP contribution in [0.3, 0.4) is 0 Å². The highest BCUT2D eigenvalue weighted by atomic mass is 15.4. The number of hydrogen-bond acceptors (Lipinski definition) is 3. The van der Waals surface area contributed by atoms with Gasteiger partial charge < -0.3 is 4.90 Å². The summed E-state index contributed by atoms with van der Waals surface area (Å²) in [6.45, 7) is 4.04. The first-order chi connectivity index (χ1) is 5.20. The van der Waals surface area contributed by atoms with Crippen molar-refractivity contribution < 1.29 is 0 Å². The highest BCUT2D eigenvalue weighted by Crippen LogP contribution is 2.21. The van der Waals surface area contributed by atoms with Crippen LogP contribution in [0.15, 0.2) is 11.9 Å². The molecule has 0 saturated carbocycles.